The molecule has 0 saturated heterocycles. The van der Waals surface area contributed by atoms with Gasteiger partial charge in [-0.2, -0.15) is 0 Å². The topological polar surface area (TPSA) is 311 Å². The Balaban J connectivity index is 0.000000472. The van der Waals surface area contributed by atoms with Crippen LogP contribution in [0.3, 0.4) is 0 Å². The van der Waals surface area contributed by atoms with Crippen LogP contribution in [0, 0.1) is 0 Å². The van der Waals surface area contributed by atoms with Crippen molar-refractivity contribution < 1.29 is 70.3 Å². The Morgan fingerprint density at radius 2 is 0.603 bits per heavy atom. The molecule has 18 nitrogen and oxygen atoms in total. The summed E-state index contributed by atoms with van der Waals surface area (Å²) in [6.07, 6.45) is -0.512. The highest BCUT2D eigenvalue weighted by molar-refractivity contribution is 7.91. The molecule has 0 aliphatic rings. The predicted octanol–water partition coefficient (Wildman–Crippen LogP) is 1.21. The summed E-state index contributed by atoms with van der Waals surface area (Å²) in [6.45, 7) is -1.62. The summed E-state index contributed by atoms with van der Waals surface area (Å²) in [4.78, 5) is 30.4. The zero-order valence-electron chi connectivity index (χ0n) is 33.1. The first-order valence-electron chi connectivity index (χ1n) is 17.5. The highest BCUT2D eigenvalue weighted by Crippen LogP contribution is 2.23. The van der Waals surface area contributed by atoms with E-state index >= 15 is 0 Å². The minimum atomic E-state index is -3.34. The van der Waals surface area contributed by atoms with Gasteiger partial charge in [0.1, 0.15) is 18.3 Å². The van der Waals surface area contributed by atoms with Crippen molar-refractivity contribution in [1.82, 2.24) is 16.0 Å². The maximum Gasteiger partial charge on any atom is 0.253 e. The number of hydrogen-bond donors (Lipinski definition) is 9. The third kappa shape index (κ3) is 19.8. The van der Waals surface area contributed by atoms with Crippen molar-refractivity contribution in [2.75, 3.05) is 38.6 Å². The second-order valence-electron chi connectivity index (χ2n) is 13.2. The van der Waals surface area contributed by atoms with Crippen LogP contribution in [0.4, 0.5) is 0 Å². The van der Waals surface area contributed by atoms with Gasteiger partial charge in [-0.25, -0.2) is 25.3 Å². The lowest BCUT2D eigenvalue weighted by Crippen LogP contribution is -2.44. The van der Waals surface area contributed by atoms with Gasteiger partial charge in [0.2, 0.25) is 0 Å². The summed E-state index contributed by atoms with van der Waals surface area (Å²) in [7, 11) is -10.0. The van der Waals surface area contributed by atoms with Gasteiger partial charge in [-0.1, -0.05) is 106 Å². The number of halogens is 6. The van der Waals surface area contributed by atoms with E-state index in [4.69, 9.17) is 69.6 Å². The number of rotatable bonds is 18. The van der Waals surface area contributed by atoms with Crippen LogP contribution in [0.1, 0.15) is 35.0 Å². The molecule has 0 aliphatic carbocycles. The van der Waals surface area contributed by atoms with Gasteiger partial charge in [-0.15, -0.1) is 0 Å². The number of amides is 3. The van der Waals surface area contributed by atoms with Gasteiger partial charge >= 0.3 is 0 Å². The van der Waals surface area contributed by atoms with E-state index in [2.05, 4.69) is 16.0 Å². The molecule has 354 valence electrons. The fraction of sp³-hybridized carbons (Fsp3) is 0.417. The molecule has 0 spiro atoms. The Bertz CT molecular complexity index is 2020. The lowest BCUT2D eigenvalue weighted by atomic mass is 10.0. The number of hydrogen-bond acceptors (Lipinski definition) is 15. The smallest absolute Gasteiger partial charge is 0.253 e. The van der Waals surface area contributed by atoms with Crippen molar-refractivity contribution in [2.45, 2.75) is 65.6 Å². The molecule has 9 N–H and O–H groups in total. The summed E-state index contributed by atoms with van der Waals surface area (Å²) in [5.74, 6) is -2.24. The van der Waals surface area contributed by atoms with Crippen molar-refractivity contribution in [1.29, 1.82) is 0 Å². The van der Waals surface area contributed by atoms with E-state index in [9.17, 15) is 70.3 Å². The molecular weight excluding hydrogens is 1020 g/mol. The number of benzene rings is 3. The van der Waals surface area contributed by atoms with Gasteiger partial charge in [-0.3, -0.25) is 14.4 Å². The van der Waals surface area contributed by atoms with Gasteiger partial charge in [0.15, 0.2) is 44.0 Å². The molecule has 6 atom stereocenters. The van der Waals surface area contributed by atoms with Crippen LogP contribution in [-0.2, 0) is 43.9 Å². The molecule has 63 heavy (non-hydrogen) atoms. The number of alkyl halides is 6. The van der Waals surface area contributed by atoms with E-state index in [1.165, 1.54) is 72.8 Å². The minimum Gasteiger partial charge on any atom is -0.394 e. The summed E-state index contributed by atoms with van der Waals surface area (Å²) in [5, 5.41) is 64.8. The van der Waals surface area contributed by atoms with Crippen LogP contribution in [0.2, 0.25) is 0 Å². The van der Waals surface area contributed by atoms with Gasteiger partial charge in [0, 0.05) is 18.8 Å². The molecule has 3 aromatic carbocycles. The van der Waals surface area contributed by atoms with E-state index in [1.54, 1.807) is 0 Å². The molecular formula is C36H45Cl6N3O15S3. The molecule has 0 bridgehead atoms. The average Bonchev–Trinajstić information content (AvgIpc) is 3.22. The Labute approximate surface area is 394 Å². The zero-order chi connectivity index (χ0) is 48.6. The summed E-state index contributed by atoms with van der Waals surface area (Å²) in [6, 6.07) is 13.3. The first-order chi connectivity index (χ1) is 29.0. The van der Waals surface area contributed by atoms with Gasteiger partial charge in [-0.05, 0) is 53.1 Å². The Hall–Kier alpha value is -2.58. The standard InChI is InChI=1S/3C12H15Cl2NO5S/c3*1-21(19,20)8-4-2-7(3-5-8)10(17)9(6-16)15-12(18)11(13)14/h3*2-5,9-11,16-17H,6H2,1H3,(H,15,18)/t3*9-,10-/m111/s1. The second-order valence-corrected chi connectivity index (χ2v) is 22.5. The van der Waals surface area contributed by atoms with Crippen molar-refractivity contribution in [2.24, 2.45) is 0 Å². The molecule has 0 fully saturated rings. The third-order valence-corrected chi connectivity index (χ3v) is 12.8. The summed E-state index contributed by atoms with van der Waals surface area (Å²) in [5.41, 5.74) is 1.01. The van der Waals surface area contributed by atoms with Crippen molar-refractivity contribution in [3.05, 3.63) is 89.5 Å². The molecule has 0 aromatic heterocycles. The van der Waals surface area contributed by atoms with Crippen LogP contribution >= 0.6 is 69.6 Å². The second kappa shape index (κ2) is 26.5. The van der Waals surface area contributed by atoms with Crippen LogP contribution in [-0.4, -0.2) is 145 Å². The average molecular weight is 1070 g/mol. The lowest BCUT2D eigenvalue weighted by molar-refractivity contribution is -0.122. The molecule has 0 saturated carbocycles. The highest BCUT2D eigenvalue weighted by atomic mass is 35.5. The number of sulfone groups is 3. The zero-order valence-corrected chi connectivity index (χ0v) is 40.1. The maximum absolute atomic E-state index is 11.4. The number of aliphatic hydroxyl groups is 6. The number of carbonyl (C=O) groups is 3. The predicted molar refractivity (Wildman–Crippen MR) is 237 cm³/mol. The first kappa shape index (κ1) is 58.4. The Morgan fingerprint density at radius 3 is 0.730 bits per heavy atom. The summed E-state index contributed by atoms with van der Waals surface area (Å²) >= 11 is 32.2. The molecule has 3 rings (SSSR count). The fourth-order valence-electron chi connectivity index (χ4n) is 4.84. The summed E-state index contributed by atoms with van der Waals surface area (Å²) < 4.78 is 68.0. The van der Waals surface area contributed by atoms with E-state index in [0.717, 1.165) is 18.8 Å². The normalized spacial score (nSPS) is 14.8. The molecule has 0 unspecified atom stereocenters. The quantitative estimate of drug-likeness (QED) is 0.0810. The number of carbonyl (C=O) groups excluding carboxylic acids is 3. The lowest BCUT2D eigenvalue weighted by Gasteiger charge is -2.23. The van der Waals surface area contributed by atoms with E-state index < -0.39 is 118 Å². The third-order valence-electron chi connectivity index (χ3n) is 8.26. The van der Waals surface area contributed by atoms with Crippen LogP contribution in [0.15, 0.2) is 87.5 Å². The highest BCUT2D eigenvalue weighted by Gasteiger charge is 2.27. The SMILES string of the molecule is CS(=O)(=O)c1ccc([C@@H](O)[C@@H](CO)NC(=O)C(Cl)Cl)cc1.CS(=O)(=O)c1ccc([C@@H](O)[C@@H](CO)NC(=O)C(Cl)Cl)cc1.CS(=O)(=O)c1ccc([C@@H](O)[C@@H](CO)NC(=O)C(Cl)Cl)cc1. The first-order valence-corrected chi connectivity index (χ1v) is 25.8. The minimum absolute atomic E-state index is 0.101. The molecule has 0 radical (unpaired) electrons. The molecule has 3 amide bonds. The van der Waals surface area contributed by atoms with Crippen LogP contribution in [0.25, 0.3) is 0 Å². The fourth-order valence-corrected chi connectivity index (χ4v) is 7.11. The van der Waals surface area contributed by atoms with Gasteiger partial charge in [0.05, 0.1) is 52.6 Å². The largest absolute Gasteiger partial charge is 0.394 e. The Morgan fingerprint density at radius 1 is 0.429 bits per heavy atom. The van der Waals surface area contributed by atoms with E-state index in [-0.39, 0.29) is 14.7 Å². The molecule has 0 heterocycles. The van der Waals surface area contributed by atoms with Crippen LogP contribution < -0.4 is 16.0 Å². The van der Waals surface area contributed by atoms with Crippen molar-refractivity contribution in [3.8, 4) is 0 Å². The number of nitrogens with one attached hydrogen (secondary N) is 3. The van der Waals surface area contributed by atoms with Gasteiger partial charge in [0.25, 0.3) is 17.7 Å². The van der Waals surface area contributed by atoms with E-state index in [1.807, 2.05) is 0 Å². The maximum atomic E-state index is 11.4. The molecule has 3 aromatic rings. The van der Waals surface area contributed by atoms with Crippen molar-refractivity contribution >= 4 is 117 Å². The van der Waals surface area contributed by atoms with Gasteiger partial charge < -0.3 is 46.6 Å². The molecule has 0 aliphatic heterocycles. The molecule has 27 heteroatoms. The van der Waals surface area contributed by atoms with Crippen molar-refractivity contribution in [3.63, 3.8) is 0 Å². The monoisotopic (exact) mass is 1070 g/mol. The number of aliphatic hydroxyl groups excluding tert-OH is 6. The Kier molecular flexibility index (Phi) is 24.6. The van der Waals surface area contributed by atoms with Crippen LogP contribution in [0.5, 0.6) is 0 Å². The van der Waals surface area contributed by atoms with E-state index in [0.29, 0.717) is 16.7 Å².